The molecule has 8 heteroatoms. The molecule has 1 aliphatic heterocycles. The molecule has 1 fully saturated rings. The van der Waals surface area contributed by atoms with Crippen molar-refractivity contribution < 1.29 is 13.2 Å². The highest BCUT2D eigenvalue weighted by atomic mass is 32.2. The third-order valence-corrected chi connectivity index (χ3v) is 5.90. The Morgan fingerprint density at radius 2 is 1.81 bits per heavy atom. The number of aromatic nitrogens is 2. The number of H-pyrrole nitrogens is 1. The van der Waals surface area contributed by atoms with Gasteiger partial charge in [0.25, 0.3) is 15.9 Å². The lowest BCUT2D eigenvalue weighted by Crippen LogP contribution is -2.27. The van der Waals surface area contributed by atoms with E-state index in [4.69, 9.17) is 0 Å². The zero-order valence-electron chi connectivity index (χ0n) is 14.0. The molecule has 1 aliphatic rings. The van der Waals surface area contributed by atoms with E-state index in [0.29, 0.717) is 18.5 Å². The number of hydrogen-bond acceptors (Lipinski definition) is 4. The summed E-state index contributed by atoms with van der Waals surface area (Å²) in [7, 11) is -3.82. The lowest BCUT2D eigenvalue weighted by molar-refractivity contribution is 0.0787. The van der Waals surface area contributed by atoms with Crippen LogP contribution in [0.2, 0.25) is 0 Å². The number of amides is 1. The number of sulfonamides is 1. The Kier molecular flexibility index (Phi) is 4.12. The highest BCUT2D eigenvalue weighted by Crippen LogP contribution is 2.24. The molecule has 0 aliphatic carbocycles. The molecule has 4 rings (SSSR count). The van der Waals surface area contributed by atoms with Crippen LogP contribution in [0.15, 0.2) is 53.4 Å². The van der Waals surface area contributed by atoms with Gasteiger partial charge in [0, 0.05) is 24.5 Å². The molecule has 134 valence electrons. The molecule has 1 aromatic heterocycles. The Morgan fingerprint density at radius 1 is 1.08 bits per heavy atom. The largest absolute Gasteiger partial charge is 0.337 e. The highest BCUT2D eigenvalue weighted by molar-refractivity contribution is 7.93. The lowest BCUT2D eigenvalue weighted by atomic mass is 10.1. The minimum Gasteiger partial charge on any atom is -0.337 e. The molecule has 2 heterocycles. The van der Waals surface area contributed by atoms with Gasteiger partial charge in [-0.2, -0.15) is 5.10 Å². The van der Waals surface area contributed by atoms with Crippen molar-refractivity contribution in [3.63, 3.8) is 0 Å². The Balaban J connectivity index is 1.61. The quantitative estimate of drug-likeness (QED) is 0.738. The molecule has 2 N–H and O–H groups in total. The van der Waals surface area contributed by atoms with Gasteiger partial charge in [0.2, 0.25) is 0 Å². The number of rotatable bonds is 4. The number of carbonyl (C=O) groups excluding carboxylic acids is 1. The standard InChI is InChI=1S/C18H18N4O3S/c23-18(22-10-3-4-11-22)15-12-17(20-19-15)21-26(24,25)16-9-5-7-13-6-1-2-8-14(13)16/h1-2,5-9,12H,3-4,10-11H2,(H2,19,20,21). The molecule has 0 unspecified atom stereocenters. The predicted molar refractivity (Wildman–Crippen MR) is 98.5 cm³/mol. The van der Waals surface area contributed by atoms with E-state index in [-0.39, 0.29) is 22.3 Å². The fraction of sp³-hybridized carbons (Fsp3) is 0.222. The minimum atomic E-state index is -3.82. The second-order valence-electron chi connectivity index (χ2n) is 6.25. The molecule has 1 saturated heterocycles. The van der Waals surface area contributed by atoms with E-state index in [1.165, 1.54) is 6.07 Å². The van der Waals surface area contributed by atoms with E-state index in [9.17, 15) is 13.2 Å². The first-order valence-electron chi connectivity index (χ1n) is 8.40. The molecule has 1 amide bonds. The van der Waals surface area contributed by atoms with Crippen LogP contribution in [-0.4, -0.2) is 42.5 Å². The number of anilines is 1. The van der Waals surface area contributed by atoms with Crippen molar-refractivity contribution >= 4 is 32.5 Å². The first-order chi connectivity index (χ1) is 12.5. The number of hydrogen-bond donors (Lipinski definition) is 2. The highest BCUT2D eigenvalue weighted by Gasteiger charge is 2.23. The molecule has 0 bridgehead atoms. The van der Waals surface area contributed by atoms with Crippen molar-refractivity contribution in [3.8, 4) is 0 Å². The second-order valence-corrected chi connectivity index (χ2v) is 7.90. The van der Waals surface area contributed by atoms with E-state index in [0.717, 1.165) is 18.2 Å². The molecular weight excluding hydrogens is 352 g/mol. The van der Waals surface area contributed by atoms with Crippen molar-refractivity contribution in [3.05, 3.63) is 54.2 Å². The summed E-state index contributed by atoms with van der Waals surface area (Å²) in [5.74, 6) is -0.0187. The molecule has 26 heavy (non-hydrogen) atoms. The average molecular weight is 370 g/mol. The Bertz CT molecular complexity index is 1060. The van der Waals surface area contributed by atoms with Crippen LogP contribution in [0.4, 0.5) is 5.82 Å². The van der Waals surface area contributed by atoms with E-state index >= 15 is 0 Å². The molecule has 7 nitrogen and oxygen atoms in total. The van der Waals surface area contributed by atoms with E-state index < -0.39 is 10.0 Å². The smallest absolute Gasteiger partial charge is 0.274 e. The summed E-state index contributed by atoms with van der Waals surface area (Å²) in [6, 6.07) is 13.8. The van der Waals surface area contributed by atoms with Crippen LogP contribution in [-0.2, 0) is 10.0 Å². The number of nitrogens with one attached hydrogen (secondary N) is 2. The van der Waals surface area contributed by atoms with Crippen LogP contribution in [0.5, 0.6) is 0 Å². The lowest BCUT2D eigenvalue weighted by Gasteiger charge is -2.12. The van der Waals surface area contributed by atoms with Gasteiger partial charge in [0.15, 0.2) is 5.69 Å². The maximum Gasteiger partial charge on any atom is 0.274 e. The molecule has 3 aromatic rings. The summed E-state index contributed by atoms with van der Waals surface area (Å²) in [5.41, 5.74) is 0.211. The van der Waals surface area contributed by atoms with Gasteiger partial charge in [-0.1, -0.05) is 36.4 Å². The molecule has 0 saturated carbocycles. The Morgan fingerprint density at radius 3 is 2.62 bits per heavy atom. The van der Waals surface area contributed by atoms with Crippen molar-refractivity contribution in [1.82, 2.24) is 15.1 Å². The third kappa shape index (κ3) is 3.03. The van der Waals surface area contributed by atoms with Crippen molar-refractivity contribution in [2.24, 2.45) is 0 Å². The topological polar surface area (TPSA) is 95.2 Å². The normalized spacial score (nSPS) is 14.7. The predicted octanol–water partition coefficient (Wildman–Crippen LogP) is 2.60. The average Bonchev–Trinajstić information content (AvgIpc) is 3.32. The number of benzene rings is 2. The van der Waals surface area contributed by atoms with Crippen molar-refractivity contribution in [1.29, 1.82) is 0 Å². The summed E-state index contributed by atoms with van der Waals surface area (Å²) >= 11 is 0. The van der Waals surface area contributed by atoms with Crippen LogP contribution in [0.1, 0.15) is 23.3 Å². The summed E-state index contributed by atoms with van der Waals surface area (Å²) in [6.07, 6.45) is 1.97. The molecule has 0 spiro atoms. The number of nitrogens with zero attached hydrogens (tertiary/aromatic N) is 2. The van der Waals surface area contributed by atoms with Crippen LogP contribution < -0.4 is 4.72 Å². The van der Waals surface area contributed by atoms with Gasteiger partial charge in [0.1, 0.15) is 5.82 Å². The molecule has 0 radical (unpaired) electrons. The first-order valence-corrected chi connectivity index (χ1v) is 9.88. The fourth-order valence-corrected chi connectivity index (χ4v) is 4.43. The Labute approximate surface area is 151 Å². The van der Waals surface area contributed by atoms with Crippen LogP contribution in [0.25, 0.3) is 10.8 Å². The Hall–Kier alpha value is -2.87. The fourth-order valence-electron chi connectivity index (χ4n) is 3.20. The van der Waals surface area contributed by atoms with E-state index in [2.05, 4.69) is 14.9 Å². The first kappa shape index (κ1) is 16.6. The molecule has 0 atom stereocenters. The third-order valence-electron chi connectivity index (χ3n) is 4.47. The van der Waals surface area contributed by atoms with E-state index in [1.54, 1.807) is 29.2 Å². The maximum absolute atomic E-state index is 12.8. The van der Waals surface area contributed by atoms with Gasteiger partial charge in [-0.25, -0.2) is 8.42 Å². The maximum atomic E-state index is 12.8. The van der Waals surface area contributed by atoms with Crippen LogP contribution in [0, 0.1) is 0 Å². The SMILES string of the molecule is O=C(c1cc(NS(=O)(=O)c2cccc3ccccc23)[nH]n1)N1CCCC1. The zero-order valence-corrected chi connectivity index (χ0v) is 14.8. The van der Waals surface area contributed by atoms with Gasteiger partial charge >= 0.3 is 0 Å². The van der Waals surface area contributed by atoms with Crippen LogP contribution in [0.3, 0.4) is 0 Å². The van der Waals surface area contributed by atoms with Gasteiger partial charge < -0.3 is 4.90 Å². The number of aromatic amines is 1. The molecule has 2 aromatic carbocycles. The van der Waals surface area contributed by atoms with Crippen LogP contribution >= 0.6 is 0 Å². The zero-order chi connectivity index (χ0) is 18.1. The van der Waals surface area contributed by atoms with Crippen molar-refractivity contribution in [2.75, 3.05) is 17.8 Å². The summed E-state index contributed by atoms with van der Waals surface area (Å²) in [4.78, 5) is 14.2. The number of likely N-dealkylation sites (tertiary alicyclic amines) is 1. The minimum absolute atomic E-state index is 0.167. The molecular formula is C18H18N4O3S. The van der Waals surface area contributed by atoms with Crippen molar-refractivity contribution in [2.45, 2.75) is 17.7 Å². The van der Waals surface area contributed by atoms with E-state index in [1.807, 2.05) is 18.2 Å². The monoisotopic (exact) mass is 370 g/mol. The number of fused-ring (bicyclic) bond motifs is 1. The second kappa shape index (κ2) is 6.45. The van der Waals surface area contributed by atoms with Gasteiger partial charge in [-0.15, -0.1) is 0 Å². The van der Waals surface area contributed by atoms with Gasteiger partial charge in [-0.3, -0.25) is 14.6 Å². The van der Waals surface area contributed by atoms with Gasteiger partial charge in [0.05, 0.1) is 4.90 Å². The van der Waals surface area contributed by atoms with Gasteiger partial charge in [-0.05, 0) is 24.3 Å². The summed E-state index contributed by atoms with van der Waals surface area (Å²) < 4.78 is 28.1. The summed E-state index contributed by atoms with van der Waals surface area (Å²) in [5, 5.41) is 8.03. The number of carbonyl (C=O) groups is 1. The summed E-state index contributed by atoms with van der Waals surface area (Å²) in [6.45, 7) is 1.42.